The number of nitrogens with zero attached hydrogens (tertiary/aromatic N) is 2. The number of rotatable bonds is 8. The third-order valence-corrected chi connectivity index (χ3v) is 8.60. The molecule has 0 bridgehead atoms. The van der Waals surface area contributed by atoms with Crippen molar-refractivity contribution in [3.05, 3.63) is 54.1 Å². The summed E-state index contributed by atoms with van der Waals surface area (Å²) < 4.78 is 11.0. The quantitative estimate of drug-likeness (QED) is 0.424. The highest BCUT2D eigenvalue weighted by Gasteiger charge is 2.41. The van der Waals surface area contributed by atoms with Gasteiger partial charge in [-0.1, -0.05) is 50.5 Å². The maximum Gasteiger partial charge on any atom is 0.303 e. The maximum atomic E-state index is 14.1. The summed E-state index contributed by atoms with van der Waals surface area (Å²) in [6.07, 6.45) is 5.53. The molecular formula is C29H38N2O4S. The molecule has 2 aliphatic rings. The number of esters is 1. The topological polar surface area (TPSA) is 59.1 Å². The maximum absolute atomic E-state index is 14.1. The van der Waals surface area contributed by atoms with Crippen LogP contribution in [0.25, 0.3) is 0 Å². The fraction of sp³-hybridized carbons (Fsp3) is 0.517. The van der Waals surface area contributed by atoms with Gasteiger partial charge < -0.3 is 19.3 Å². The van der Waals surface area contributed by atoms with E-state index in [-0.39, 0.29) is 17.1 Å². The van der Waals surface area contributed by atoms with E-state index in [1.54, 1.807) is 18.9 Å². The van der Waals surface area contributed by atoms with E-state index in [0.29, 0.717) is 12.6 Å². The van der Waals surface area contributed by atoms with Gasteiger partial charge in [-0.15, -0.1) is 11.8 Å². The van der Waals surface area contributed by atoms with Crippen LogP contribution in [0.5, 0.6) is 5.75 Å². The standard InChI is InChI=1S/C29H38N2O4S/c1-20(18-30(3)23-10-6-5-7-11-23)19-31-25-12-8-9-13-26(25)36-28(27(29(31)33)35-21(2)32)22-14-16-24(34-4)17-15-22/h8-9,12-17,20,23,27-28H,5-7,10-11,18-19H2,1-4H3/t20?,27-,28+/m1/s1. The van der Waals surface area contributed by atoms with Gasteiger partial charge in [-0.3, -0.25) is 9.59 Å². The second-order valence-corrected chi connectivity index (χ2v) is 11.3. The van der Waals surface area contributed by atoms with E-state index >= 15 is 0 Å². The predicted octanol–water partition coefficient (Wildman–Crippen LogP) is 5.71. The lowest BCUT2D eigenvalue weighted by Gasteiger charge is -2.35. The zero-order chi connectivity index (χ0) is 25.7. The first-order chi connectivity index (χ1) is 17.4. The molecule has 0 aromatic heterocycles. The van der Waals surface area contributed by atoms with Gasteiger partial charge in [0.2, 0.25) is 0 Å². The minimum Gasteiger partial charge on any atom is -0.497 e. The van der Waals surface area contributed by atoms with Crippen LogP contribution in [0, 0.1) is 5.92 Å². The van der Waals surface area contributed by atoms with Crippen LogP contribution in [0.1, 0.15) is 56.8 Å². The van der Waals surface area contributed by atoms with Crippen molar-refractivity contribution in [2.24, 2.45) is 5.92 Å². The molecule has 1 aliphatic heterocycles. The highest BCUT2D eigenvalue weighted by Crippen LogP contribution is 2.47. The minimum absolute atomic E-state index is 0.171. The van der Waals surface area contributed by atoms with Gasteiger partial charge in [0.05, 0.1) is 18.0 Å². The Kier molecular flexibility index (Phi) is 8.96. The zero-order valence-corrected chi connectivity index (χ0v) is 22.6. The van der Waals surface area contributed by atoms with E-state index in [1.165, 1.54) is 39.0 Å². The van der Waals surface area contributed by atoms with Crippen LogP contribution in [0.4, 0.5) is 5.69 Å². The number of hydrogen-bond donors (Lipinski definition) is 0. The summed E-state index contributed by atoms with van der Waals surface area (Å²) in [6, 6.07) is 16.3. The van der Waals surface area contributed by atoms with Crippen molar-refractivity contribution in [3.8, 4) is 5.75 Å². The van der Waals surface area contributed by atoms with Crippen LogP contribution in [-0.4, -0.2) is 56.2 Å². The van der Waals surface area contributed by atoms with E-state index in [2.05, 4.69) is 18.9 Å². The second kappa shape index (κ2) is 12.2. The Balaban J connectivity index is 1.62. The lowest BCUT2D eigenvalue weighted by atomic mass is 9.94. The number of methoxy groups -OCH3 is 1. The van der Waals surface area contributed by atoms with Gasteiger partial charge in [0, 0.05) is 31.0 Å². The van der Waals surface area contributed by atoms with Gasteiger partial charge in [0.1, 0.15) is 5.75 Å². The van der Waals surface area contributed by atoms with E-state index in [9.17, 15) is 9.59 Å². The third-order valence-electron chi connectivity index (χ3n) is 7.22. The molecule has 4 rings (SSSR count). The number of fused-ring (bicyclic) bond motifs is 1. The highest BCUT2D eigenvalue weighted by molar-refractivity contribution is 7.99. The summed E-state index contributed by atoms with van der Waals surface area (Å²) in [5.41, 5.74) is 1.80. The first kappa shape index (κ1) is 26.6. The number of carbonyl (C=O) groups excluding carboxylic acids is 2. The van der Waals surface area contributed by atoms with Crippen molar-refractivity contribution in [1.82, 2.24) is 4.90 Å². The Hall–Kier alpha value is -2.51. The van der Waals surface area contributed by atoms with Gasteiger partial charge in [-0.2, -0.15) is 0 Å². The van der Waals surface area contributed by atoms with Crippen LogP contribution in [0.15, 0.2) is 53.4 Å². The fourth-order valence-corrected chi connectivity index (χ4v) is 6.75. The van der Waals surface area contributed by atoms with Gasteiger partial charge >= 0.3 is 5.97 Å². The number of ether oxygens (including phenoxy) is 2. The largest absolute Gasteiger partial charge is 0.497 e. The van der Waals surface area contributed by atoms with Gasteiger partial charge in [0.25, 0.3) is 5.91 Å². The van der Waals surface area contributed by atoms with Crippen molar-refractivity contribution in [2.75, 3.05) is 32.1 Å². The summed E-state index contributed by atoms with van der Waals surface area (Å²) in [7, 11) is 3.84. The average molecular weight is 511 g/mol. The molecular weight excluding hydrogens is 472 g/mol. The van der Waals surface area contributed by atoms with E-state index in [1.807, 2.05) is 53.4 Å². The SMILES string of the molecule is COc1ccc([C@@H]2Sc3ccccc3N(CC(C)CN(C)C3CCCCC3)C(=O)[C@@H]2OC(C)=O)cc1. The number of benzene rings is 2. The molecule has 1 amide bonds. The van der Waals surface area contributed by atoms with E-state index in [4.69, 9.17) is 9.47 Å². The van der Waals surface area contributed by atoms with Crippen LogP contribution in [-0.2, 0) is 14.3 Å². The number of amides is 1. The number of para-hydroxylation sites is 1. The van der Waals surface area contributed by atoms with E-state index in [0.717, 1.165) is 28.4 Å². The van der Waals surface area contributed by atoms with Crippen LogP contribution < -0.4 is 9.64 Å². The van der Waals surface area contributed by atoms with Crippen molar-refractivity contribution in [3.63, 3.8) is 0 Å². The van der Waals surface area contributed by atoms with Gasteiger partial charge in [-0.05, 0) is 55.6 Å². The molecule has 1 unspecified atom stereocenters. The molecule has 194 valence electrons. The van der Waals surface area contributed by atoms with Gasteiger partial charge in [0.15, 0.2) is 6.10 Å². The molecule has 7 heteroatoms. The summed E-state index contributed by atoms with van der Waals surface area (Å²) >= 11 is 1.57. The fourth-order valence-electron chi connectivity index (χ4n) is 5.43. The lowest BCUT2D eigenvalue weighted by molar-refractivity contribution is -0.152. The molecule has 36 heavy (non-hydrogen) atoms. The minimum atomic E-state index is -0.920. The lowest BCUT2D eigenvalue weighted by Crippen LogP contribution is -2.46. The summed E-state index contributed by atoms with van der Waals surface area (Å²) in [6.45, 7) is 5.06. The van der Waals surface area contributed by atoms with Crippen molar-refractivity contribution >= 4 is 29.3 Å². The molecule has 1 heterocycles. The molecule has 0 saturated heterocycles. The number of anilines is 1. The number of hydrogen-bond acceptors (Lipinski definition) is 6. The predicted molar refractivity (Wildman–Crippen MR) is 145 cm³/mol. The Bertz CT molecular complexity index is 1040. The molecule has 0 radical (unpaired) electrons. The molecule has 1 fully saturated rings. The first-order valence-corrected chi connectivity index (χ1v) is 13.8. The average Bonchev–Trinajstić information content (AvgIpc) is 2.99. The summed E-state index contributed by atoms with van der Waals surface area (Å²) in [5, 5.41) is -0.362. The zero-order valence-electron chi connectivity index (χ0n) is 21.8. The Morgan fingerprint density at radius 1 is 1.11 bits per heavy atom. The monoisotopic (exact) mass is 510 g/mol. The van der Waals surface area contributed by atoms with Crippen LogP contribution in [0.2, 0.25) is 0 Å². The Labute approximate surface area is 219 Å². The molecule has 1 saturated carbocycles. The van der Waals surface area contributed by atoms with Crippen molar-refractivity contribution in [2.45, 2.75) is 68.2 Å². The second-order valence-electron chi connectivity index (χ2n) is 10.1. The van der Waals surface area contributed by atoms with Crippen LogP contribution in [0.3, 0.4) is 0 Å². The molecule has 3 atom stereocenters. The Morgan fingerprint density at radius 3 is 2.47 bits per heavy atom. The molecule has 6 nitrogen and oxygen atoms in total. The van der Waals surface area contributed by atoms with Crippen molar-refractivity contribution < 1.29 is 19.1 Å². The smallest absolute Gasteiger partial charge is 0.303 e. The highest BCUT2D eigenvalue weighted by atomic mass is 32.2. The molecule has 2 aromatic rings. The Morgan fingerprint density at radius 2 is 1.81 bits per heavy atom. The molecule has 1 aliphatic carbocycles. The number of carbonyl (C=O) groups is 2. The third kappa shape index (κ3) is 6.24. The summed E-state index contributed by atoms with van der Waals surface area (Å²) in [4.78, 5) is 31.5. The molecule has 0 N–H and O–H groups in total. The first-order valence-electron chi connectivity index (χ1n) is 13.0. The molecule has 2 aromatic carbocycles. The van der Waals surface area contributed by atoms with Crippen molar-refractivity contribution in [1.29, 1.82) is 0 Å². The van der Waals surface area contributed by atoms with E-state index < -0.39 is 12.1 Å². The summed E-state index contributed by atoms with van der Waals surface area (Å²) in [5.74, 6) is 0.374. The molecule has 0 spiro atoms. The number of thioether (sulfide) groups is 1. The normalized spacial score (nSPS) is 21.6. The van der Waals surface area contributed by atoms with Crippen LogP contribution >= 0.6 is 11.8 Å². The van der Waals surface area contributed by atoms with Gasteiger partial charge in [-0.25, -0.2) is 0 Å².